The smallest absolute Gasteiger partial charge is 0.0386 e. The van der Waals surface area contributed by atoms with Crippen LogP contribution in [0.3, 0.4) is 0 Å². The first-order valence-corrected chi connectivity index (χ1v) is 6.17. The van der Waals surface area contributed by atoms with E-state index in [4.69, 9.17) is 0 Å². The lowest BCUT2D eigenvalue weighted by atomic mass is 9.79. The molecular formula is C13H25. The highest BCUT2D eigenvalue weighted by Gasteiger charge is 2.19. The highest BCUT2D eigenvalue weighted by molar-refractivity contribution is 4.75. The van der Waals surface area contributed by atoms with Crippen molar-refractivity contribution in [1.82, 2.24) is 0 Å². The summed E-state index contributed by atoms with van der Waals surface area (Å²) in [7, 11) is 0. The summed E-state index contributed by atoms with van der Waals surface area (Å²) in [6, 6.07) is 0. The summed E-state index contributed by atoms with van der Waals surface area (Å²) in [5.74, 6) is 1.72. The second-order valence-electron chi connectivity index (χ2n) is 4.65. The number of unbranched alkanes of at least 4 members (excludes halogenated alkanes) is 2. The van der Waals surface area contributed by atoms with E-state index in [2.05, 4.69) is 13.8 Å². The summed E-state index contributed by atoms with van der Waals surface area (Å²) in [6.45, 7) is 6.61. The van der Waals surface area contributed by atoms with Gasteiger partial charge in [-0.15, -0.1) is 0 Å². The van der Waals surface area contributed by atoms with Crippen LogP contribution < -0.4 is 0 Å². The Balaban J connectivity index is 2.09. The first-order chi connectivity index (χ1) is 6.34. The van der Waals surface area contributed by atoms with E-state index in [9.17, 15) is 0 Å². The predicted molar refractivity (Wildman–Crippen MR) is 59.6 cm³/mol. The highest BCUT2D eigenvalue weighted by atomic mass is 14.2. The van der Waals surface area contributed by atoms with Crippen LogP contribution in [0, 0.1) is 18.8 Å². The second kappa shape index (κ2) is 6.45. The van der Waals surface area contributed by atoms with Crippen molar-refractivity contribution in [2.75, 3.05) is 0 Å². The first kappa shape index (κ1) is 11.1. The van der Waals surface area contributed by atoms with Crippen molar-refractivity contribution in [3.63, 3.8) is 0 Å². The Labute approximate surface area is 84.1 Å². The third kappa shape index (κ3) is 4.15. The quantitative estimate of drug-likeness (QED) is 0.544. The van der Waals surface area contributed by atoms with Gasteiger partial charge >= 0.3 is 0 Å². The van der Waals surface area contributed by atoms with Crippen molar-refractivity contribution in [3.8, 4) is 0 Å². The average molecular weight is 181 g/mol. The Hall–Kier alpha value is 0. The fourth-order valence-electron chi connectivity index (χ4n) is 2.50. The molecule has 77 valence electrons. The molecule has 0 N–H and O–H groups in total. The highest BCUT2D eigenvalue weighted by Crippen LogP contribution is 2.32. The minimum atomic E-state index is 0.756. The third-order valence-electron chi connectivity index (χ3n) is 3.49. The van der Waals surface area contributed by atoms with E-state index in [1.54, 1.807) is 0 Å². The minimum Gasteiger partial charge on any atom is -0.0654 e. The van der Waals surface area contributed by atoms with Crippen LogP contribution in [0.1, 0.15) is 64.7 Å². The molecule has 0 bridgehead atoms. The summed E-state index contributed by atoms with van der Waals surface area (Å²) in [4.78, 5) is 0. The van der Waals surface area contributed by atoms with Crippen molar-refractivity contribution < 1.29 is 0 Å². The van der Waals surface area contributed by atoms with E-state index in [-0.39, 0.29) is 0 Å². The van der Waals surface area contributed by atoms with Gasteiger partial charge in [0.15, 0.2) is 0 Å². The third-order valence-corrected chi connectivity index (χ3v) is 3.49. The molecular weight excluding hydrogens is 156 g/mol. The predicted octanol–water partition coefficient (Wildman–Crippen LogP) is 4.60. The zero-order chi connectivity index (χ0) is 9.52. The molecule has 0 aromatic rings. The van der Waals surface area contributed by atoms with Crippen molar-refractivity contribution in [2.24, 2.45) is 11.8 Å². The van der Waals surface area contributed by atoms with Gasteiger partial charge in [0.25, 0.3) is 0 Å². The summed E-state index contributed by atoms with van der Waals surface area (Å²) in [5.41, 5.74) is 0. The maximum absolute atomic E-state index is 4.33. The summed E-state index contributed by atoms with van der Waals surface area (Å²) < 4.78 is 0. The summed E-state index contributed by atoms with van der Waals surface area (Å²) >= 11 is 0. The molecule has 0 amide bonds. The van der Waals surface area contributed by atoms with Gasteiger partial charge in [0.05, 0.1) is 0 Å². The number of rotatable bonds is 5. The summed E-state index contributed by atoms with van der Waals surface area (Å²) in [5, 5.41) is 0. The van der Waals surface area contributed by atoms with E-state index in [0.29, 0.717) is 0 Å². The fraction of sp³-hybridized carbons (Fsp3) is 0.923. The van der Waals surface area contributed by atoms with Crippen LogP contribution in [0.4, 0.5) is 0 Å². The van der Waals surface area contributed by atoms with Crippen LogP contribution in [0.25, 0.3) is 0 Å². The molecule has 13 heavy (non-hydrogen) atoms. The van der Waals surface area contributed by atoms with E-state index >= 15 is 0 Å². The van der Waals surface area contributed by atoms with Gasteiger partial charge < -0.3 is 0 Å². The van der Waals surface area contributed by atoms with E-state index in [1.165, 1.54) is 57.8 Å². The van der Waals surface area contributed by atoms with Gasteiger partial charge in [-0.3, -0.25) is 0 Å². The van der Waals surface area contributed by atoms with Gasteiger partial charge in [0.2, 0.25) is 0 Å². The lowest BCUT2D eigenvalue weighted by Crippen LogP contribution is -2.15. The second-order valence-corrected chi connectivity index (χ2v) is 4.65. The van der Waals surface area contributed by atoms with Crippen molar-refractivity contribution in [1.29, 1.82) is 0 Å². The normalized spacial score (nSPS) is 21.7. The molecule has 0 spiro atoms. The Morgan fingerprint density at radius 1 is 1.15 bits per heavy atom. The standard InChI is InChI=1S/C13H25/c1-3-4-6-9-12(2)13-10-7-5-8-11-13/h12-13H,2-11H2,1H3. The lowest BCUT2D eigenvalue weighted by Gasteiger charge is -2.27. The largest absolute Gasteiger partial charge is 0.0654 e. The Morgan fingerprint density at radius 2 is 1.85 bits per heavy atom. The first-order valence-electron chi connectivity index (χ1n) is 6.17. The molecule has 0 aromatic carbocycles. The average Bonchev–Trinajstić information content (AvgIpc) is 2.19. The molecule has 1 aliphatic carbocycles. The molecule has 0 saturated heterocycles. The number of hydrogen-bond donors (Lipinski definition) is 0. The topological polar surface area (TPSA) is 0 Å². The van der Waals surface area contributed by atoms with Gasteiger partial charge in [-0.1, -0.05) is 64.7 Å². The van der Waals surface area contributed by atoms with Gasteiger partial charge in [-0.25, -0.2) is 0 Å². The van der Waals surface area contributed by atoms with Crippen LogP contribution >= 0.6 is 0 Å². The van der Waals surface area contributed by atoms with Crippen LogP contribution in [0.15, 0.2) is 0 Å². The summed E-state index contributed by atoms with van der Waals surface area (Å²) in [6.07, 6.45) is 12.8. The van der Waals surface area contributed by atoms with Crippen LogP contribution in [0.2, 0.25) is 0 Å². The maximum Gasteiger partial charge on any atom is -0.0386 e. The monoisotopic (exact) mass is 181 g/mol. The van der Waals surface area contributed by atoms with Gasteiger partial charge in [0.1, 0.15) is 0 Å². The van der Waals surface area contributed by atoms with Crippen molar-refractivity contribution in [3.05, 3.63) is 6.92 Å². The molecule has 0 nitrogen and oxygen atoms in total. The van der Waals surface area contributed by atoms with E-state index in [1.807, 2.05) is 0 Å². The Bertz CT molecular complexity index is 111. The van der Waals surface area contributed by atoms with Gasteiger partial charge in [0, 0.05) is 0 Å². The molecule has 0 heteroatoms. The van der Waals surface area contributed by atoms with Crippen molar-refractivity contribution in [2.45, 2.75) is 64.7 Å². The molecule has 1 radical (unpaired) electrons. The van der Waals surface area contributed by atoms with E-state index in [0.717, 1.165) is 11.8 Å². The van der Waals surface area contributed by atoms with Crippen LogP contribution in [-0.4, -0.2) is 0 Å². The number of hydrogen-bond acceptors (Lipinski definition) is 0. The molecule has 1 unspecified atom stereocenters. The van der Waals surface area contributed by atoms with Crippen LogP contribution in [0.5, 0.6) is 0 Å². The fourth-order valence-corrected chi connectivity index (χ4v) is 2.50. The molecule has 0 aliphatic heterocycles. The molecule has 1 fully saturated rings. The molecule has 0 heterocycles. The van der Waals surface area contributed by atoms with Gasteiger partial charge in [-0.05, 0) is 18.8 Å². The lowest BCUT2D eigenvalue weighted by molar-refractivity contribution is 0.269. The zero-order valence-corrected chi connectivity index (χ0v) is 9.23. The molecule has 1 rings (SSSR count). The molecule has 0 aromatic heterocycles. The maximum atomic E-state index is 4.33. The van der Waals surface area contributed by atoms with Crippen molar-refractivity contribution >= 4 is 0 Å². The Kier molecular flexibility index (Phi) is 5.50. The van der Waals surface area contributed by atoms with Gasteiger partial charge in [-0.2, -0.15) is 0 Å². The molecule has 1 aliphatic rings. The van der Waals surface area contributed by atoms with E-state index < -0.39 is 0 Å². The molecule has 1 saturated carbocycles. The Morgan fingerprint density at radius 3 is 2.46 bits per heavy atom. The minimum absolute atomic E-state index is 0.756. The molecule has 1 atom stereocenters. The van der Waals surface area contributed by atoms with Crippen LogP contribution in [-0.2, 0) is 0 Å². The SMILES string of the molecule is [CH2]C(CCCCC)C1CCCCC1. The zero-order valence-electron chi connectivity index (χ0n) is 9.23.